The van der Waals surface area contributed by atoms with Crippen LogP contribution in [0.3, 0.4) is 0 Å². The van der Waals surface area contributed by atoms with Crippen LogP contribution >= 0.6 is 0 Å². The molecule has 3 heterocycles. The minimum atomic E-state index is -4.36. The van der Waals surface area contributed by atoms with Gasteiger partial charge in [-0.25, -0.2) is 4.98 Å². The Labute approximate surface area is 124 Å². The quantitative estimate of drug-likeness (QED) is 0.917. The molecule has 1 aliphatic rings. The number of hydrogen-bond acceptors (Lipinski definition) is 6. The fourth-order valence-corrected chi connectivity index (χ4v) is 2.51. The zero-order valence-electron chi connectivity index (χ0n) is 11.5. The number of aromatic nitrogens is 3. The van der Waals surface area contributed by atoms with Gasteiger partial charge in [-0.05, 0) is 25.0 Å². The van der Waals surface area contributed by atoms with Crippen LogP contribution in [-0.4, -0.2) is 28.3 Å². The first-order valence-electron chi connectivity index (χ1n) is 6.80. The van der Waals surface area contributed by atoms with Crippen molar-refractivity contribution in [3.63, 3.8) is 0 Å². The predicted octanol–water partition coefficient (Wildman–Crippen LogP) is 2.45. The lowest BCUT2D eigenvalue weighted by Gasteiger charge is -2.31. The maximum absolute atomic E-state index is 12.5. The third-order valence-electron chi connectivity index (χ3n) is 3.70. The van der Waals surface area contributed by atoms with E-state index in [9.17, 15) is 13.2 Å². The van der Waals surface area contributed by atoms with Gasteiger partial charge in [0.05, 0.1) is 5.56 Å². The van der Waals surface area contributed by atoms with Crippen LogP contribution in [0, 0.1) is 0 Å². The lowest BCUT2D eigenvalue weighted by molar-refractivity contribution is -0.137. The Balaban J connectivity index is 1.64. The van der Waals surface area contributed by atoms with Crippen molar-refractivity contribution in [1.29, 1.82) is 0 Å². The molecule has 6 nitrogen and oxygen atoms in total. The van der Waals surface area contributed by atoms with Crippen LogP contribution in [0.1, 0.15) is 30.2 Å². The number of halogens is 3. The minimum Gasteiger partial charge on any atom is -0.408 e. The number of nitrogens with two attached hydrogens (primary N) is 1. The molecule has 0 atom stereocenters. The van der Waals surface area contributed by atoms with Crippen molar-refractivity contribution in [2.75, 3.05) is 23.7 Å². The number of piperidine rings is 1. The van der Waals surface area contributed by atoms with Crippen LogP contribution < -0.4 is 10.6 Å². The summed E-state index contributed by atoms with van der Waals surface area (Å²) in [6, 6.07) is 2.49. The van der Waals surface area contributed by atoms with Crippen molar-refractivity contribution in [2.45, 2.75) is 24.9 Å². The van der Waals surface area contributed by atoms with E-state index in [1.54, 1.807) is 0 Å². The average Bonchev–Trinajstić information content (AvgIpc) is 2.93. The Morgan fingerprint density at radius 2 is 1.91 bits per heavy atom. The molecule has 0 unspecified atom stereocenters. The molecule has 9 heteroatoms. The van der Waals surface area contributed by atoms with Gasteiger partial charge in [-0.1, -0.05) is 5.10 Å². The van der Waals surface area contributed by atoms with Gasteiger partial charge in [0.1, 0.15) is 5.82 Å². The van der Waals surface area contributed by atoms with E-state index in [0.29, 0.717) is 24.8 Å². The number of hydrogen-bond donors (Lipinski definition) is 1. The van der Waals surface area contributed by atoms with Gasteiger partial charge in [0, 0.05) is 25.2 Å². The van der Waals surface area contributed by atoms with Gasteiger partial charge in [-0.15, -0.1) is 5.10 Å². The zero-order valence-corrected chi connectivity index (χ0v) is 11.5. The van der Waals surface area contributed by atoms with E-state index in [1.807, 2.05) is 4.90 Å². The summed E-state index contributed by atoms with van der Waals surface area (Å²) < 4.78 is 42.8. The van der Waals surface area contributed by atoms with Crippen molar-refractivity contribution in [1.82, 2.24) is 15.2 Å². The summed E-state index contributed by atoms with van der Waals surface area (Å²) in [4.78, 5) is 5.85. The summed E-state index contributed by atoms with van der Waals surface area (Å²) in [5, 5.41) is 7.51. The van der Waals surface area contributed by atoms with Crippen molar-refractivity contribution in [3.05, 3.63) is 29.8 Å². The third kappa shape index (κ3) is 2.97. The van der Waals surface area contributed by atoms with Gasteiger partial charge in [-0.3, -0.25) is 0 Å². The number of nitrogens with zero attached hydrogens (tertiary/aromatic N) is 4. The smallest absolute Gasteiger partial charge is 0.408 e. The molecule has 0 aromatic carbocycles. The van der Waals surface area contributed by atoms with Crippen LogP contribution in [0.2, 0.25) is 0 Å². The van der Waals surface area contributed by atoms with Crippen molar-refractivity contribution in [3.8, 4) is 0 Å². The Morgan fingerprint density at radius 1 is 1.18 bits per heavy atom. The van der Waals surface area contributed by atoms with Crippen LogP contribution in [0.15, 0.2) is 22.7 Å². The third-order valence-corrected chi connectivity index (χ3v) is 3.70. The number of nitrogen functional groups attached to an aromatic ring is 1. The molecule has 0 bridgehead atoms. The molecule has 0 saturated carbocycles. The van der Waals surface area contributed by atoms with E-state index in [4.69, 9.17) is 10.2 Å². The monoisotopic (exact) mass is 313 g/mol. The standard InChI is InChI=1S/C13H14F3N5O/c14-13(15,16)9-1-2-10(18-7-9)21-5-3-8(4-6-21)11-19-20-12(17)22-11/h1-2,7-8H,3-6H2,(H2,17,20). The van der Waals surface area contributed by atoms with Crippen LogP contribution in [0.25, 0.3) is 0 Å². The fraction of sp³-hybridized carbons (Fsp3) is 0.462. The normalized spacial score (nSPS) is 17.0. The molecule has 2 aromatic heterocycles. The summed E-state index contributed by atoms with van der Waals surface area (Å²) >= 11 is 0. The second kappa shape index (κ2) is 5.47. The SMILES string of the molecule is Nc1nnc(C2CCN(c3ccc(C(F)(F)F)cn3)CC2)o1. The highest BCUT2D eigenvalue weighted by atomic mass is 19.4. The summed E-state index contributed by atoms with van der Waals surface area (Å²) in [6.07, 6.45) is -1.99. The van der Waals surface area contributed by atoms with E-state index in [-0.39, 0.29) is 11.9 Å². The number of pyridine rings is 1. The molecule has 0 spiro atoms. The zero-order chi connectivity index (χ0) is 15.7. The van der Waals surface area contributed by atoms with Gasteiger partial charge in [0.15, 0.2) is 0 Å². The summed E-state index contributed by atoms with van der Waals surface area (Å²) in [7, 11) is 0. The maximum Gasteiger partial charge on any atom is 0.417 e. The summed E-state index contributed by atoms with van der Waals surface area (Å²) in [5.74, 6) is 1.17. The molecule has 118 valence electrons. The van der Waals surface area contributed by atoms with Crippen molar-refractivity contribution in [2.24, 2.45) is 0 Å². The topological polar surface area (TPSA) is 81.1 Å². The van der Waals surface area contributed by atoms with Gasteiger partial charge in [-0.2, -0.15) is 13.2 Å². The first kappa shape index (κ1) is 14.6. The first-order chi connectivity index (χ1) is 10.4. The minimum absolute atomic E-state index is 0.0434. The molecule has 1 aliphatic heterocycles. The number of anilines is 2. The Hall–Kier alpha value is -2.32. The second-order valence-corrected chi connectivity index (χ2v) is 5.14. The van der Waals surface area contributed by atoms with Crippen molar-refractivity contribution < 1.29 is 17.6 Å². The van der Waals surface area contributed by atoms with Crippen molar-refractivity contribution >= 4 is 11.8 Å². The Morgan fingerprint density at radius 3 is 2.41 bits per heavy atom. The van der Waals surface area contributed by atoms with E-state index in [2.05, 4.69) is 15.2 Å². The predicted molar refractivity (Wildman–Crippen MR) is 72.1 cm³/mol. The molecule has 1 saturated heterocycles. The molecule has 0 radical (unpaired) electrons. The van der Waals surface area contributed by atoms with E-state index < -0.39 is 11.7 Å². The molecule has 1 fully saturated rings. The molecule has 2 N–H and O–H groups in total. The van der Waals surface area contributed by atoms with E-state index in [0.717, 1.165) is 25.1 Å². The van der Waals surface area contributed by atoms with Gasteiger partial charge >= 0.3 is 12.2 Å². The number of alkyl halides is 3. The van der Waals surface area contributed by atoms with Gasteiger partial charge in [0.25, 0.3) is 0 Å². The highest BCUT2D eigenvalue weighted by Crippen LogP contribution is 2.32. The van der Waals surface area contributed by atoms with Gasteiger partial charge in [0.2, 0.25) is 5.89 Å². The molecule has 0 amide bonds. The molecule has 3 rings (SSSR count). The van der Waals surface area contributed by atoms with E-state index in [1.165, 1.54) is 6.07 Å². The summed E-state index contributed by atoms with van der Waals surface area (Å²) in [5.41, 5.74) is 4.66. The molecule has 0 aliphatic carbocycles. The average molecular weight is 313 g/mol. The van der Waals surface area contributed by atoms with Crippen LogP contribution in [0.4, 0.5) is 25.0 Å². The lowest BCUT2D eigenvalue weighted by Crippen LogP contribution is -2.33. The molecule has 2 aromatic rings. The highest BCUT2D eigenvalue weighted by Gasteiger charge is 2.31. The molecular formula is C13H14F3N5O. The fourth-order valence-electron chi connectivity index (χ4n) is 2.51. The van der Waals surface area contributed by atoms with Crippen LogP contribution in [-0.2, 0) is 6.18 Å². The Kier molecular flexibility index (Phi) is 3.63. The molecule has 22 heavy (non-hydrogen) atoms. The summed E-state index contributed by atoms with van der Waals surface area (Å²) in [6.45, 7) is 1.32. The largest absolute Gasteiger partial charge is 0.417 e. The van der Waals surface area contributed by atoms with Crippen LogP contribution in [0.5, 0.6) is 0 Å². The van der Waals surface area contributed by atoms with E-state index >= 15 is 0 Å². The first-order valence-corrected chi connectivity index (χ1v) is 6.80. The highest BCUT2D eigenvalue weighted by molar-refractivity contribution is 5.40. The Bertz CT molecular complexity index is 632. The maximum atomic E-state index is 12.5. The molecular weight excluding hydrogens is 299 g/mol. The van der Waals surface area contributed by atoms with Gasteiger partial charge < -0.3 is 15.1 Å². The second-order valence-electron chi connectivity index (χ2n) is 5.14. The lowest BCUT2D eigenvalue weighted by atomic mass is 9.97. The number of rotatable bonds is 2.